The number of terminal acetylenes is 1. The minimum absolute atomic E-state index is 0.819. The van der Waals surface area contributed by atoms with E-state index in [1.807, 2.05) is 0 Å². The first-order chi connectivity index (χ1) is 5.66. The van der Waals surface area contributed by atoms with Crippen LogP contribution in [0.15, 0.2) is 0 Å². The minimum atomic E-state index is 0.819. The first-order valence-corrected chi connectivity index (χ1v) is 5.10. The lowest BCUT2D eigenvalue weighted by Crippen LogP contribution is -1.96. The molecule has 0 rings (SSSR count). The second-order valence-electron chi connectivity index (χ2n) is 4.17. The lowest BCUT2D eigenvalue weighted by Gasteiger charge is -2.10. The molecule has 0 fully saturated rings. The van der Waals surface area contributed by atoms with E-state index < -0.39 is 0 Å². The summed E-state index contributed by atoms with van der Waals surface area (Å²) in [5.74, 6) is 4.37. The third kappa shape index (κ3) is 7.66. The molecule has 0 aromatic carbocycles. The van der Waals surface area contributed by atoms with Crippen LogP contribution in [-0.2, 0) is 0 Å². The molecule has 0 bridgehead atoms. The Hall–Kier alpha value is -0.440. The average Bonchev–Trinajstić information content (AvgIpc) is 2.00. The van der Waals surface area contributed by atoms with E-state index in [9.17, 15) is 0 Å². The van der Waals surface area contributed by atoms with Gasteiger partial charge >= 0.3 is 0 Å². The lowest BCUT2D eigenvalue weighted by molar-refractivity contribution is 0.441. The molecule has 0 unspecified atom stereocenters. The molecule has 0 amide bonds. The van der Waals surface area contributed by atoms with Crippen molar-refractivity contribution in [2.75, 3.05) is 0 Å². The van der Waals surface area contributed by atoms with E-state index in [0.717, 1.165) is 18.3 Å². The summed E-state index contributed by atoms with van der Waals surface area (Å²) in [7, 11) is 0. The van der Waals surface area contributed by atoms with Crippen LogP contribution in [0.4, 0.5) is 0 Å². The SMILES string of the molecule is C#CCC[C@H](C)CCCC(C)C. The van der Waals surface area contributed by atoms with Crippen LogP contribution < -0.4 is 0 Å². The van der Waals surface area contributed by atoms with Gasteiger partial charge in [0, 0.05) is 6.42 Å². The summed E-state index contributed by atoms with van der Waals surface area (Å²) in [6, 6.07) is 0. The third-order valence-electron chi connectivity index (χ3n) is 2.26. The molecule has 0 N–H and O–H groups in total. The van der Waals surface area contributed by atoms with Crippen LogP contribution >= 0.6 is 0 Å². The van der Waals surface area contributed by atoms with Gasteiger partial charge in [-0.1, -0.05) is 40.0 Å². The highest BCUT2D eigenvalue weighted by Crippen LogP contribution is 2.15. The van der Waals surface area contributed by atoms with Crippen molar-refractivity contribution in [1.82, 2.24) is 0 Å². The van der Waals surface area contributed by atoms with Crippen molar-refractivity contribution in [2.45, 2.75) is 52.9 Å². The smallest absolute Gasteiger partial charge is 0.00885 e. The molecule has 0 spiro atoms. The van der Waals surface area contributed by atoms with E-state index in [1.54, 1.807) is 0 Å². The van der Waals surface area contributed by atoms with Gasteiger partial charge in [0.2, 0.25) is 0 Å². The molecule has 0 aromatic heterocycles. The molecular weight excluding hydrogens is 144 g/mol. The van der Waals surface area contributed by atoms with Crippen molar-refractivity contribution in [1.29, 1.82) is 0 Å². The van der Waals surface area contributed by atoms with Crippen molar-refractivity contribution < 1.29 is 0 Å². The van der Waals surface area contributed by atoms with E-state index in [4.69, 9.17) is 6.42 Å². The van der Waals surface area contributed by atoms with Crippen molar-refractivity contribution >= 4 is 0 Å². The zero-order chi connectivity index (χ0) is 9.40. The van der Waals surface area contributed by atoms with Gasteiger partial charge in [-0.2, -0.15) is 0 Å². The fraction of sp³-hybridized carbons (Fsp3) is 0.833. The molecule has 70 valence electrons. The van der Waals surface area contributed by atoms with Crippen LogP contribution in [0.5, 0.6) is 0 Å². The standard InChI is InChI=1S/C12H22/c1-5-6-9-12(4)10-7-8-11(2)3/h1,11-12H,6-10H2,2-4H3/t12-/m0/s1. The zero-order valence-corrected chi connectivity index (χ0v) is 8.77. The quantitative estimate of drug-likeness (QED) is 0.526. The minimum Gasteiger partial charge on any atom is -0.120 e. The number of hydrogen-bond donors (Lipinski definition) is 0. The van der Waals surface area contributed by atoms with Gasteiger partial charge in [0.1, 0.15) is 0 Å². The summed E-state index contributed by atoms with van der Waals surface area (Å²) in [4.78, 5) is 0. The molecular formula is C12H22. The summed E-state index contributed by atoms with van der Waals surface area (Å²) in [5.41, 5.74) is 0. The first-order valence-electron chi connectivity index (χ1n) is 5.10. The molecule has 0 aliphatic rings. The fourth-order valence-corrected chi connectivity index (χ4v) is 1.35. The fourth-order valence-electron chi connectivity index (χ4n) is 1.35. The highest BCUT2D eigenvalue weighted by Gasteiger charge is 2.01. The van der Waals surface area contributed by atoms with E-state index in [2.05, 4.69) is 26.7 Å². The van der Waals surface area contributed by atoms with Crippen molar-refractivity contribution in [2.24, 2.45) is 11.8 Å². The maximum atomic E-state index is 5.20. The van der Waals surface area contributed by atoms with Gasteiger partial charge < -0.3 is 0 Å². The highest BCUT2D eigenvalue weighted by atomic mass is 14.1. The summed E-state index contributed by atoms with van der Waals surface area (Å²) in [5, 5.41) is 0. The van der Waals surface area contributed by atoms with Crippen LogP contribution in [0.25, 0.3) is 0 Å². The van der Waals surface area contributed by atoms with Crippen LogP contribution in [0.2, 0.25) is 0 Å². The van der Waals surface area contributed by atoms with Crippen molar-refractivity contribution in [3.63, 3.8) is 0 Å². The van der Waals surface area contributed by atoms with Gasteiger partial charge in [0.25, 0.3) is 0 Å². The van der Waals surface area contributed by atoms with E-state index in [1.165, 1.54) is 25.7 Å². The maximum Gasteiger partial charge on any atom is 0.00885 e. The normalized spacial score (nSPS) is 12.9. The van der Waals surface area contributed by atoms with Gasteiger partial charge in [-0.3, -0.25) is 0 Å². The number of hydrogen-bond acceptors (Lipinski definition) is 0. The van der Waals surface area contributed by atoms with Gasteiger partial charge in [-0.25, -0.2) is 0 Å². The van der Waals surface area contributed by atoms with Crippen LogP contribution in [0.1, 0.15) is 52.9 Å². The molecule has 0 aliphatic heterocycles. The largest absolute Gasteiger partial charge is 0.120 e. The predicted molar refractivity (Wildman–Crippen MR) is 55.9 cm³/mol. The molecule has 0 nitrogen and oxygen atoms in total. The average molecular weight is 166 g/mol. The van der Waals surface area contributed by atoms with Gasteiger partial charge in [-0.15, -0.1) is 12.3 Å². The predicted octanol–water partition coefficient (Wildman–Crippen LogP) is 3.86. The van der Waals surface area contributed by atoms with Crippen LogP contribution in [0, 0.1) is 24.2 Å². The highest BCUT2D eigenvalue weighted by molar-refractivity contribution is 4.83. The van der Waals surface area contributed by atoms with E-state index in [0.29, 0.717) is 0 Å². The Bertz CT molecular complexity index is 127. The second kappa shape index (κ2) is 7.22. The zero-order valence-electron chi connectivity index (χ0n) is 8.77. The number of rotatable bonds is 6. The topological polar surface area (TPSA) is 0 Å². The second-order valence-corrected chi connectivity index (χ2v) is 4.17. The molecule has 12 heavy (non-hydrogen) atoms. The molecule has 0 saturated heterocycles. The van der Waals surface area contributed by atoms with Crippen LogP contribution in [-0.4, -0.2) is 0 Å². The maximum absolute atomic E-state index is 5.20. The monoisotopic (exact) mass is 166 g/mol. The Morgan fingerprint density at radius 2 is 1.75 bits per heavy atom. The first kappa shape index (κ1) is 11.6. The van der Waals surface area contributed by atoms with Crippen molar-refractivity contribution in [3.8, 4) is 12.3 Å². The summed E-state index contributed by atoms with van der Waals surface area (Å²) < 4.78 is 0. The van der Waals surface area contributed by atoms with Gasteiger partial charge in [-0.05, 0) is 18.3 Å². The van der Waals surface area contributed by atoms with Gasteiger partial charge in [0.05, 0.1) is 0 Å². The molecule has 1 atom stereocenters. The molecule has 0 heterocycles. The Kier molecular flexibility index (Phi) is 6.96. The Morgan fingerprint density at radius 1 is 1.08 bits per heavy atom. The van der Waals surface area contributed by atoms with E-state index >= 15 is 0 Å². The van der Waals surface area contributed by atoms with Crippen LogP contribution in [0.3, 0.4) is 0 Å². The molecule has 0 aliphatic carbocycles. The lowest BCUT2D eigenvalue weighted by atomic mass is 9.96. The Balaban J connectivity index is 3.20. The Labute approximate surface area is 77.8 Å². The summed E-state index contributed by atoms with van der Waals surface area (Å²) in [6.07, 6.45) is 11.4. The molecule has 0 saturated carbocycles. The van der Waals surface area contributed by atoms with Crippen molar-refractivity contribution in [3.05, 3.63) is 0 Å². The third-order valence-corrected chi connectivity index (χ3v) is 2.26. The summed E-state index contributed by atoms with van der Waals surface area (Å²) in [6.45, 7) is 6.87. The van der Waals surface area contributed by atoms with E-state index in [-0.39, 0.29) is 0 Å². The molecule has 0 radical (unpaired) electrons. The molecule has 0 aromatic rings. The van der Waals surface area contributed by atoms with Gasteiger partial charge in [0.15, 0.2) is 0 Å². The summed E-state index contributed by atoms with van der Waals surface area (Å²) >= 11 is 0. The molecule has 0 heteroatoms. The Morgan fingerprint density at radius 3 is 2.25 bits per heavy atom.